The highest BCUT2D eigenvalue weighted by Gasteiger charge is 2.51. The van der Waals surface area contributed by atoms with Crippen LogP contribution in [-0.2, 0) is 0 Å². The van der Waals surface area contributed by atoms with Crippen molar-refractivity contribution < 1.29 is 9.59 Å². The lowest BCUT2D eigenvalue weighted by Gasteiger charge is -2.56. The van der Waals surface area contributed by atoms with Crippen LogP contribution in [0.15, 0.2) is 72.8 Å². The maximum Gasteiger partial charge on any atom is 0.255 e. The highest BCUT2D eigenvalue weighted by atomic mass is 16.2. The fraction of sp³-hybridized carbons (Fsp3) is 0.323. The van der Waals surface area contributed by atoms with Crippen molar-refractivity contribution in [3.63, 3.8) is 0 Å². The zero-order valence-corrected chi connectivity index (χ0v) is 20.7. The number of amides is 2. The number of H-pyrrole nitrogens is 1. The van der Waals surface area contributed by atoms with Gasteiger partial charge in [0.2, 0.25) is 0 Å². The van der Waals surface area contributed by atoms with Crippen molar-refractivity contribution in [3.8, 4) is 11.4 Å². The highest BCUT2D eigenvalue weighted by Crippen LogP contribution is 2.55. The highest BCUT2D eigenvalue weighted by molar-refractivity contribution is 6.05. The second kappa shape index (κ2) is 8.58. The lowest BCUT2D eigenvalue weighted by atomic mass is 9.53. The third-order valence-corrected chi connectivity index (χ3v) is 8.61. The van der Waals surface area contributed by atoms with Gasteiger partial charge >= 0.3 is 0 Å². The summed E-state index contributed by atoms with van der Waals surface area (Å²) in [7, 11) is 0. The van der Waals surface area contributed by atoms with Crippen molar-refractivity contribution in [2.45, 2.75) is 44.1 Å². The lowest BCUT2D eigenvalue weighted by molar-refractivity contribution is -0.0167. The predicted molar refractivity (Wildman–Crippen MR) is 144 cm³/mol. The first-order valence-electron chi connectivity index (χ1n) is 13.3. The Balaban J connectivity index is 1.06. The second-order valence-corrected chi connectivity index (χ2v) is 11.4. The molecule has 4 aromatic rings. The number of benzene rings is 3. The zero-order valence-electron chi connectivity index (χ0n) is 20.7. The number of fused-ring (bicyclic) bond motifs is 1. The molecule has 6 heteroatoms. The van der Waals surface area contributed by atoms with E-state index < -0.39 is 0 Å². The van der Waals surface area contributed by atoms with Crippen LogP contribution in [0.25, 0.3) is 22.4 Å². The van der Waals surface area contributed by atoms with Crippen LogP contribution in [0.2, 0.25) is 0 Å². The molecule has 4 saturated carbocycles. The third-order valence-electron chi connectivity index (χ3n) is 8.61. The molecule has 4 aliphatic carbocycles. The van der Waals surface area contributed by atoms with Crippen molar-refractivity contribution in [1.82, 2.24) is 15.3 Å². The number of nitrogens with zero attached hydrogens (tertiary/aromatic N) is 1. The summed E-state index contributed by atoms with van der Waals surface area (Å²) >= 11 is 0. The van der Waals surface area contributed by atoms with Gasteiger partial charge in [0.25, 0.3) is 11.8 Å². The Hall–Kier alpha value is -3.93. The van der Waals surface area contributed by atoms with Gasteiger partial charge in [-0.15, -0.1) is 0 Å². The Morgan fingerprint density at radius 1 is 0.784 bits per heavy atom. The fourth-order valence-corrected chi connectivity index (χ4v) is 7.37. The normalized spacial score (nSPS) is 25.8. The SMILES string of the molecule is O=C(Nc1ccc2nc(-c3ccc(C(=O)NC45CC6CC(CC(C6)C4)C5)cc3)[nH]c2c1)c1ccccc1. The van der Waals surface area contributed by atoms with E-state index in [2.05, 4.69) is 15.6 Å². The number of imidazole rings is 1. The van der Waals surface area contributed by atoms with Crippen LogP contribution in [-0.4, -0.2) is 27.3 Å². The summed E-state index contributed by atoms with van der Waals surface area (Å²) in [6, 6.07) is 22.5. The summed E-state index contributed by atoms with van der Waals surface area (Å²) in [6.45, 7) is 0. The molecule has 0 unspecified atom stereocenters. The minimum Gasteiger partial charge on any atom is -0.347 e. The maximum atomic E-state index is 13.2. The van der Waals surface area contributed by atoms with Crippen LogP contribution < -0.4 is 10.6 Å². The summed E-state index contributed by atoms with van der Waals surface area (Å²) in [4.78, 5) is 33.7. The topological polar surface area (TPSA) is 86.9 Å². The van der Waals surface area contributed by atoms with Gasteiger partial charge in [-0.25, -0.2) is 4.98 Å². The van der Waals surface area contributed by atoms with E-state index in [1.165, 1.54) is 19.3 Å². The van der Waals surface area contributed by atoms with E-state index in [-0.39, 0.29) is 17.4 Å². The molecule has 0 saturated heterocycles. The molecule has 8 rings (SSSR count). The third kappa shape index (κ3) is 4.20. The summed E-state index contributed by atoms with van der Waals surface area (Å²) in [5.74, 6) is 3.02. The van der Waals surface area contributed by atoms with E-state index in [1.807, 2.05) is 60.7 Å². The van der Waals surface area contributed by atoms with Crippen LogP contribution in [0.5, 0.6) is 0 Å². The summed E-state index contributed by atoms with van der Waals surface area (Å²) in [5.41, 5.74) is 4.59. The molecular weight excluding hydrogens is 460 g/mol. The minimum atomic E-state index is -0.151. The number of carbonyl (C=O) groups excluding carboxylic acids is 2. The molecule has 0 aliphatic heterocycles. The van der Waals surface area contributed by atoms with Gasteiger partial charge in [0, 0.05) is 27.9 Å². The van der Waals surface area contributed by atoms with Crippen molar-refractivity contribution in [2.24, 2.45) is 17.8 Å². The molecule has 6 nitrogen and oxygen atoms in total. The number of hydrogen-bond donors (Lipinski definition) is 3. The first kappa shape index (κ1) is 22.3. The minimum absolute atomic E-state index is 0.0108. The Kier molecular flexibility index (Phi) is 5.17. The van der Waals surface area contributed by atoms with Gasteiger partial charge in [0.15, 0.2) is 0 Å². The van der Waals surface area contributed by atoms with Gasteiger partial charge < -0.3 is 15.6 Å². The van der Waals surface area contributed by atoms with Gasteiger partial charge in [-0.1, -0.05) is 30.3 Å². The van der Waals surface area contributed by atoms with E-state index in [4.69, 9.17) is 4.98 Å². The predicted octanol–water partition coefficient (Wildman–Crippen LogP) is 6.18. The molecular formula is C31H30N4O2. The number of nitrogens with one attached hydrogen (secondary N) is 3. The number of aromatic amines is 1. The fourth-order valence-electron chi connectivity index (χ4n) is 7.37. The Morgan fingerprint density at radius 2 is 1.43 bits per heavy atom. The maximum absolute atomic E-state index is 13.2. The Bertz CT molecular complexity index is 1450. The van der Waals surface area contributed by atoms with Crippen LogP contribution in [0.4, 0.5) is 5.69 Å². The first-order valence-corrected chi connectivity index (χ1v) is 13.3. The van der Waals surface area contributed by atoms with Gasteiger partial charge in [0.05, 0.1) is 11.0 Å². The van der Waals surface area contributed by atoms with Crippen molar-refractivity contribution in [3.05, 3.63) is 83.9 Å². The van der Waals surface area contributed by atoms with E-state index in [0.717, 1.165) is 59.4 Å². The molecule has 3 N–H and O–H groups in total. The standard InChI is InChI=1S/C31H30N4O2/c36-29(23-4-2-1-3-5-23)32-25-10-11-26-27(15-25)34-28(33-26)22-6-8-24(9-7-22)30(37)35-31-16-19-12-20(17-31)14-21(13-19)18-31/h1-11,15,19-21H,12-14,16-18H2,(H,32,36)(H,33,34)(H,35,37). The molecule has 0 radical (unpaired) electrons. The molecule has 4 bridgehead atoms. The number of rotatable bonds is 5. The van der Waals surface area contributed by atoms with E-state index >= 15 is 0 Å². The van der Waals surface area contributed by atoms with E-state index in [9.17, 15) is 9.59 Å². The largest absolute Gasteiger partial charge is 0.347 e. The molecule has 4 aliphatic rings. The molecule has 0 atom stereocenters. The van der Waals surface area contributed by atoms with E-state index in [0.29, 0.717) is 16.8 Å². The summed E-state index contributed by atoms with van der Waals surface area (Å²) in [5, 5.41) is 6.40. The Labute approximate surface area is 215 Å². The summed E-state index contributed by atoms with van der Waals surface area (Å²) in [6.07, 6.45) is 7.54. The van der Waals surface area contributed by atoms with E-state index in [1.54, 1.807) is 12.1 Å². The average Bonchev–Trinajstić information content (AvgIpc) is 3.32. The van der Waals surface area contributed by atoms with Crippen molar-refractivity contribution >= 4 is 28.5 Å². The van der Waals surface area contributed by atoms with Gasteiger partial charge in [-0.05, 0) is 98.7 Å². The molecule has 3 aromatic carbocycles. The molecule has 1 heterocycles. The van der Waals surface area contributed by atoms with Crippen molar-refractivity contribution in [2.75, 3.05) is 5.32 Å². The molecule has 37 heavy (non-hydrogen) atoms. The van der Waals surface area contributed by atoms with Gasteiger partial charge in [-0.3, -0.25) is 9.59 Å². The number of anilines is 1. The molecule has 0 spiro atoms. The first-order chi connectivity index (χ1) is 18.0. The summed E-state index contributed by atoms with van der Waals surface area (Å²) < 4.78 is 0. The Morgan fingerprint density at radius 3 is 2.11 bits per heavy atom. The lowest BCUT2D eigenvalue weighted by Crippen LogP contribution is -2.59. The van der Waals surface area contributed by atoms with Crippen LogP contribution in [0, 0.1) is 17.8 Å². The number of carbonyl (C=O) groups is 2. The number of aromatic nitrogens is 2. The van der Waals surface area contributed by atoms with Crippen LogP contribution in [0.3, 0.4) is 0 Å². The molecule has 2 amide bonds. The van der Waals surface area contributed by atoms with Crippen LogP contribution >= 0.6 is 0 Å². The molecule has 186 valence electrons. The second-order valence-electron chi connectivity index (χ2n) is 11.4. The molecule has 1 aromatic heterocycles. The van der Waals surface area contributed by atoms with Gasteiger partial charge in [-0.2, -0.15) is 0 Å². The van der Waals surface area contributed by atoms with Crippen molar-refractivity contribution in [1.29, 1.82) is 0 Å². The molecule has 4 fully saturated rings. The zero-order chi connectivity index (χ0) is 25.0. The smallest absolute Gasteiger partial charge is 0.255 e. The average molecular weight is 491 g/mol. The van der Waals surface area contributed by atoms with Crippen LogP contribution in [0.1, 0.15) is 59.2 Å². The van der Waals surface area contributed by atoms with Gasteiger partial charge in [0.1, 0.15) is 5.82 Å². The number of hydrogen-bond acceptors (Lipinski definition) is 3. The quantitative estimate of drug-likeness (QED) is 0.312. The monoisotopic (exact) mass is 490 g/mol.